The average molecular weight is 390 g/mol. The molecule has 0 aromatic heterocycles. The van der Waals surface area contributed by atoms with Gasteiger partial charge in [0.1, 0.15) is 0 Å². The molecule has 0 atom stereocenters. The smallest absolute Gasteiger partial charge is 0.387 e. The Morgan fingerprint density at radius 3 is 2.46 bits per heavy atom. The summed E-state index contributed by atoms with van der Waals surface area (Å²) in [5.41, 5.74) is 1.30. The summed E-state index contributed by atoms with van der Waals surface area (Å²) in [6, 6.07) is 12.2. The molecular weight excluding hydrogens is 374 g/mol. The monoisotopic (exact) mass is 390 g/mol. The van der Waals surface area contributed by atoms with Crippen molar-refractivity contribution in [3.63, 3.8) is 0 Å². The van der Waals surface area contributed by atoms with Crippen molar-refractivity contribution in [2.45, 2.75) is 13.0 Å². The predicted octanol–water partition coefficient (Wildman–Crippen LogP) is 3.16. The van der Waals surface area contributed by atoms with Crippen LogP contribution < -0.4 is 14.8 Å². The second-order valence-corrected chi connectivity index (χ2v) is 5.40. The van der Waals surface area contributed by atoms with E-state index in [1.165, 1.54) is 19.2 Å². The number of anilines is 1. The van der Waals surface area contributed by atoms with Crippen LogP contribution in [0.1, 0.15) is 15.9 Å². The molecule has 1 amide bonds. The van der Waals surface area contributed by atoms with E-state index in [4.69, 9.17) is 14.7 Å². The lowest BCUT2D eigenvalue weighted by atomic mass is 10.1. The Morgan fingerprint density at radius 1 is 1.14 bits per heavy atom. The summed E-state index contributed by atoms with van der Waals surface area (Å²) in [5.74, 6) is -1.70. The minimum absolute atomic E-state index is 0.00660. The lowest BCUT2D eigenvalue weighted by Crippen LogP contribution is -2.21. The van der Waals surface area contributed by atoms with Crippen molar-refractivity contribution in [2.24, 2.45) is 0 Å². The van der Waals surface area contributed by atoms with Crippen LogP contribution >= 0.6 is 0 Å². The van der Waals surface area contributed by atoms with Gasteiger partial charge in [0.15, 0.2) is 18.1 Å². The molecule has 2 aromatic rings. The standard InChI is InChI=1S/C19H16F2N2O5/c1-26-16-10-13(4-7-15(16)28-19(20)21)18(25)27-11-17(24)23-14-5-2-12(3-6-14)8-9-22/h2-7,10,19H,8,11H2,1H3,(H,23,24). The molecule has 0 unspecified atom stereocenters. The van der Waals surface area contributed by atoms with E-state index in [1.807, 2.05) is 6.07 Å². The summed E-state index contributed by atoms with van der Waals surface area (Å²) in [6.07, 6.45) is 0.260. The molecule has 0 bridgehead atoms. The lowest BCUT2D eigenvalue weighted by molar-refractivity contribution is -0.119. The SMILES string of the molecule is COc1cc(C(=O)OCC(=O)Nc2ccc(CC#N)cc2)ccc1OC(F)F. The van der Waals surface area contributed by atoms with Crippen LogP contribution in [0, 0.1) is 11.3 Å². The summed E-state index contributed by atoms with van der Waals surface area (Å²) in [7, 11) is 1.23. The Hall–Kier alpha value is -3.67. The maximum atomic E-state index is 12.3. The van der Waals surface area contributed by atoms with Crippen LogP contribution in [0.3, 0.4) is 0 Å². The van der Waals surface area contributed by atoms with Crippen molar-refractivity contribution in [1.29, 1.82) is 5.26 Å². The van der Waals surface area contributed by atoms with E-state index in [9.17, 15) is 18.4 Å². The lowest BCUT2D eigenvalue weighted by Gasteiger charge is -2.11. The number of nitrogens with zero attached hydrogens (tertiary/aromatic N) is 1. The topological polar surface area (TPSA) is 97.6 Å². The molecule has 0 heterocycles. The number of ether oxygens (including phenoxy) is 3. The van der Waals surface area contributed by atoms with Gasteiger partial charge >= 0.3 is 12.6 Å². The Bertz CT molecular complexity index is 879. The number of rotatable bonds is 8. The maximum Gasteiger partial charge on any atom is 0.387 e. The zero-order chi connectivity index (χ0) is 20.5. The number of carbonyl (C=O) groups is 2. The molecule has 0 aliphatic heterocycles. The highest BCUT2D eigenvalue weighted by Crippen LogP contribution is 2.29. The highest BCUT2D eigenvalue weighted by molar-refractivity contribution is 5.95. The van der Waals surface area contributed by atoms with Gasteiger partial charge in [-0.1, -0.05) is 12.1 Å². The van der Waals surface area contributed by atoms with Gasteiger partial charge in [0.25, 0.3) is 5.91 Å². The number of nitrogens with one attached hydrogen (secondary N) is 1. The molecule has 1 N–H and O–H groups in total. The second kappa shape index (κ2) is 9.87. The van der Waals surface area contributed by atoms with Gasteiger partial charge in [0.05, 0.1) is 25.2 Å². The normalized spacial score (nSPS) is 10.1. The largest absolute Gasteiger partial charge is 0.493 e. The zero-order valence-corrected chi connectivity index (χ0v) is 14.8. The van der Waals surface area contributed by atoms with Gasteiger partial charge in [0.2, 0.25) is 0 Å². The Labute approximate surface area is 159 Å². The fourth-order valence-corrected chi connectivity index (χ4v) is 2.20. The predicted molar refractivity (Wildman–Crippen MR) is 94.3 cm³/mol. The molecule has 0 spiro atoms. The van der Waals surface area contributed by atoms with Gasteiger partial charge in [-0.3, -0.25) is 4.79 Å². The van der Waals surface area contributed by atoms with Crippen LogP contribution in [0.2, 0.25) is 0 Å². The number of methoxy groups -OCH3 is 1. The van der Waals surface area contributed by atoms with Crippen molar-refractivity contribution in [3.8, 4) is 17.6 Å². The zero-order valence-electron chi connectivity index (χ0n) is 14.8. The molecule has 0 saturated heterocycles. The van der Waals surface area contributed by atoms with Crippen LogP contribution in [0.15, 0.2) is 42.5 Å². The molecule has 2 aromatic carbocycles. The molecular formula is C19H16F2N2O5. The number of hydrogen-bond acceptors (Lipinski definition) is 6. The van der Waals surface area contributed by atoms with Gasteiger partial charge in [-0.2, -0.15) is 14.0 Å². The van der Waals surface area contributed by atoms with Gasteiger partial charge < -0.3 is 19.5 Å². The summed E-state index contributed by atoms with van der Waals surface area (Å²) >= 11 is 0. The van der Waals surface area contributed by atoms with E-state index in [2.05, 4.69) is 10.1 Å². The van der Waals surface area contributed by atoms with Gasteiger partial charge in [-0.25, -0.2) is 4.79 Å². The molecule has 2 rings (SSSR count). The fraction of sp³-hybridized carbons (Fsp3) is 0.211. The number of esters is 1. The Morgan fingerprint density at radius 2 is 1.86 bits per heavy atom. The minimum Gasteiger partial charge on any atom is -0.493 e. The van der Waals surface area contributed by atoms with Crippen LogP contribution in [0.5, 0.6) is 11.5 Å². The van der Waals surface area contributed by atoms with E-state index in [0.29, 0.717) is 5.69 Å². The molecule has 0 aliphatic carbocycles. The highest BCUT2D eigenvalue weighted by atomic mass is 19.3. The molecule has 146 valence electrons. The number of hydrogen-bond donors (Lipinski definition) is 1. The summed E-state index contributed by atoms with van der Waals surface area (Å²) in [5, 5.41) is 11.2. The molecule has 9 heteroatoms. The van der Waals surface area contributed by atoms with E-state index in [0.717, 1.165) is 11.6 Å². The van der Waals surface area contributed by atoms with Gasteiger partial charge in [0, 0.05) is 5.69 Å². The number of halogens is 2. The Balaban J connectivity index is 1.92. The first kappa shape index (κ1) is 20.6. The molecule has 28 heavy (non-hydrogen) atoms. The van der Waals surface area contributed by atoms with E-state index >= 15 is 0 Å². The second-order valence-electron chi connectivity index (χ2n) is 5.40. The maximum absolute atomic E-state index is 12.3. The highest BCUT2D eigenvalue weighted by Gasteiger charge is 2.16. The van der Waals surface area contributed by atoms with Crippen molar-refractivity contribution in [1.82, 2.24) is 0 Å². The number of alkyl halides is 2. The fourth-order valence-electron chi connectivity index (χ4n) is 2.20. The Kier molecular flexibility index (Phi) is 7.28. The summed E-state index contributed by atoms with van der Waals surface area (Å²) in [6.45, 7) is -3.58. The summed E-state index contributed by atoms with van der Waals surface area (Å²) < 4.78 is 38.7. The third kappa shape index (κ3) is 5.95. The first-order valence-electron chi connectivity index (χ1n) is 7.98. The molecule has 0 aliphatic rings. The number of carbonyl (C=O) groups excluding carboxylic acids is 2. The van der Waals surface area contributed by atoms with Crippen LogP contribution in [-0.4, -0.2) is 32.2 Å². The molecule has 0 saturated carbocycles. The number of nitriles is 1. The van der Waals surface area contributed by atoms with Crippen LogP contribution in [-0.2, 0) is 16.0 Å². The van der Waals surface area contributed by atoms with Crippen LogP contribution in [0.4, 0.5) is 14.5 Å². The minimum atomic E-state index is -3.04. The van der Waals surface area contributed by atoms with E-state index < -0.39 is 25.1 Å². The number of benzene rings is 2. The van der Waals surface area contributed by atoms with Gasteiger partial charge in [-0.15, -0.1) is 0 Å². The third-order valence-electron chi connectivity index (χ3n) is 3.47. The van der Waals surface area contributed by atoms with Crippen molar-refractivity contribution in [3.05, 3.63) is 53.6 Å². The van der Waals surface area contributed by atoms with Crippen molar-refractivity contribution in [2.75, 3.05) is 19.0 Å². The van der Waals surface area contributed by atoms with Crippen molar-refractivity contribution < 1.29 is 32.6 Å². The quantitative estimate of drug-likeness (QED) is 0.696. The molecule has 0 fully saturated rings. The number of amides is 1. The average Bonchev–Trinajstić information content (AvgIpc) is 2.67. The molecule has 0 radical (unpaired) electrons. The first-order valence-corrected chi connectivity index (χ1v) is 7.98. The van der Waals surface area contributed by atoms with E-state index in [1.54, 1.807) is 24.3 Å². The van der Waals surface area contributed by atoms with E-state index in [-0.39, 0.29) is 23.5 Å². The summed E-state index contributed by atoms with van der Waals surface area (Å²) in [4.78, 5) is 23.9. The van der Waals surface area contributed by atoms with Crippen LogP contribution in [0.25, 0.3) is 0 Å². The molecule has 7 nitrogen and oxygen atoms in total. The first-order chi connectivity index (χ1) is 13.4. The van der Waals surface area contributed by atoms with Gasteiger partial charge in [-0.05, 0) is 35.9 Å². The van der Waals surface area contributed by atoms with Crippen molar-refractivity contribution >= 4 is 17.6 Å². The third-order valence-corrected chi connectivity index (χ3v) is 3.47.